The van der Waals surface area contributed by atoms with Crippen molar-refractivity contribution in [3.8, 4) is 11.3 Å². The Morgan fingerprint density at radius 2 is 2.04 bits per heavy atom. The van der Waals surface area contributed by atoms with E-state index < -0.39 is 0 Å². The largest absolute Gasteiger partial charge is 0.385 e. The van der Waals surface area contributed by atoms with E-state index in [1.165, 1.54) is 11.6 Å². The smallest absolute Gasteiger partial charge is 0.132 e. The lowest BCUT2D eigenvalue weighted by molar-refractivity contribution is 0.120. The van der Waals surface area contributed by atoms with Crippen LogP contribution in [0.4, 0.5) is 4.39 Å². The van der Waals surface area contributed by atoms with E-state index >= 15 is 0 Å². The summed E-state index contributed by atoms with van der Waals surface area (Å²) in [7, 11) is 1.75. The van der Waals surface area contributed by atoms with Gasteiger partial charge in [0.25, 0.3) is 0 Å². The van der Waals surface area contributed by atoms with Crippen molar-refractivity contribution in [1.29, 1.82) is 0 Å². The van der Waals surface area contributed by atoms with Crippen molar-refractivity contribution >= 4 is 0 Å². The molecule has 4 heteroatoms. The van der Waals surface area contributed by atoms with Crippen molar-refractivity contribution in [3.05, 3.63) is 47.4 Å². The summed E-state index contributed by atoms with van der Waals surface area (Å²) in [6.45, 7) is 5.40. The molecule has 1 aromatic heterocycles. The Morgan fingerprint density at radius 3 is 2.79 bits per heavy atom. The van der Waals surface area contributed by atoms with Crippen molar-refractivity contribution in [2.45, 2.75) is 44.4 Å². The first-order chi connectivity index (χ1) is 11.5. The molecule has 0 amide bonds. The molecule has 0 aliphatic heterocycles. The van der Waals surface area contributed by atoms with Gasteiger partial charge in [-0.05, 0) is 54.4 Å². The van der Waals surface area contributed by atoms with Gasteiger partial charge in [0.05, 0.1) is 11.4 Å². The lowest BCUT2D eigenvalue weighted by Crippen LogP contribution is -2.36. The van der Waals surface area contributed by atoms with Crippen LogP contribution in [0, 0.1) is 11.2 Å². The molecule has 0 radical (unpaired) electrons. The van der Waals surface area contributed by atoms with E-state index in [1.807, 2.05) is 6.07 Å². The van der Waals surface area contributed by atoms with Gasteiger partial charge in [0.1, 0.15) is 5.82 Å². The molecule has 0 unspecified atom stereocenters. The molecular formula is C20H23FN2O. The second-order valence-electron chi connectivity index (χ2n) is 7.65. The summed E-state index contributed by atoms with van der Waals surface area (Å²) in [6.07, 6.45) is 3.26. The van der Waals surface area contributed by atoms with Gasteiger partial charge in [0.2, 0.25) is 0 Å². The average Bonchev–Trinajstić information content (AvgIpc) is 2.94. The molecule has 0 N–H and O–H groups in total. The topological polar surface area (TPSA) is 35.0 Å². The van der Waals surface area contributed by atoms with Crippen LogP contribution in [0.5, 0.6) is 0 Å². The zero-order valence-corrected chi connectivity index (χ0v) is 14.5. The van der Waals surface area contributed by atoms with Crippen LogP contribution in [0.15, 0.2) is 30.3 Å². The van der Waals surface area contributed by atoms with Crippen LogP contribution in [0.3, 0.4) is 0 Å². The SMILES string of the molecule is COCC[C@]12CC[C@H](c3cc(-c4ccccc4F)nnc31)C2(C)C. The first kappa shape index (κ1) is 15.7. The van der Waals surface area contributed by atoms with Crippen LogP contribution in [-0.4, -0.2) is 23.9 Å². The monoisotopic (exact) mass is 326 g/mol. The molecule has 2 bridgehead atoms. The summed E-state index contributed by atoms with van der Waals surface area (Å²) < 4.78 is 19.5. The van der Waals surface area contributed by atoms with Crippen molar-refractivity contribution in [3.63, 3.8) is 0 Å². The van der Waals surface area contributed by atoms with E-state index in [1.54, 1.807) is 19.2 Å². The molecule has 3 nitrogen and oxygen atoms in total. The first-order valence-corrected chi connectivity index (χ1v) is 8.63. The van der Waals surface area contributed by atoms with Crippen LogP contribution in [0.1, 0.15) is 50.3 Å². The van der Waals surface area contributed by atoms with E-state index in [2.05, 4.69) is 30.1 Å². The highest BCUT2D eigenvalue weighted by Gasteiger charge is 2.62. The van der Waals surface area contributed by atoms with E-state index in [0.29, 0.717) is 17.2 Å². The maximum atomic E-state index is 14.1. The highest BCUT2D eigenvalue weighted by molar-refractivity contribution is 5.62. The molecule has 1 aromatic carbocycles. The van der Waals surface area contributed by atoms with Gasteiger partial charge in [0.15, 0.2) is 0 Å². The van der Waals surface area contributed by atoms with Crippen LogP contribution in [0.25, 0.3) is 11.3 Å². The summed E-state index contributed by atoms with van der Waals surface area (Å²) in [4.78, 5) is 0. The molecule has 4 rings (SSSR count). The molecule has 1 saturated carbocycles. The Morgan fingerprint density at radius 1 is 1.25 bits per heavy atom. The molecule has 0 saturated heterocycles. The molecule has 2 atom stereocenters. The van der Waals surface area contributed by atoms with Crippen LogP contribution in [0.2, 0.25) is 0 Å². The Kier molecular flexibility index (Phi) is 3.50. The standard InChI is InChI=1S/C20H23FN2O/c1-19(2)15-8-9-20(19,10-11-24-3)18-14(15)12-17(22-23-18)13-6-4-5-7-16(13)21/h4-7,12,15H,8-11H2,1-3H3/t15-,20-/m1/s1. The molecule has 24 heavy (non-hydrogen) atoms. The van der Waals surface area contributed by atoms with Gasteiger partial charge in [-0.15, -0.1) is 0 Å². The Labute approximate surface area is 142 Å². The summed E-state index contributed by atoms with van der Waals surface area (Å²) in [5.41, 5.74) is 3.70. The minimum Gasteiger partial charge on any atom is -0.385 e. The number of ether oxygens (including phenoxy) is 1. The minimum absolute atomic E-state index is 0.0315. The second kappa shape index (κ2) is 5.35. The first-order valence-electron chi connectivity index (χ1n) is 8.63. The van der Waals surface area contributed by atoms with Gasteiger partial charge in [-0.1, -0.05) is 26.0 Å². The van der Waals surface area contributed by atoms with E-state index in [0.717, 1.165) is 31.6 Å². The lowest BCUT2D eigenvalue weighted by Gasteiger charge is -2.37. The molecule has 126 valence electrons. The van der Waals surface area contributed by atoms with Gasteiger partial charge in [0, 0.05) is 24.7 Å². The predicted molar refractivity (Wildman–Crippen MR) is 91.4 cm³/mol. The maximum Gasteiger partial charge on any atom is 0.132 e. The third-order valence-corrected chi connectivity index (χ3v) is 6.50. The van der Waals surface area contributed by atoms with Crippen molar-refractivity contribution < 1.29 is 9.13 Å². The Bertz CT molecular complexity index is 789. The number of hydrogen-bond donors (Lipinski definition) is 0. The Hall–Kier alpha value is -1.81. The fraction of sp³-hybridized carbons (Fsp3) is 0.500. The minimum atomic E-state index is -0.247. The molecule has 0 spiro atoms. The van der Waals surface area contributed by atoms with Crippen LogP contribution >= 0.6 is 0 Å². The van der Waals surface area contributed by atoms with Gasteiger partial charge < -0.3 is 4.74 Å². The second-order valence-corrected chi connectivity index (χ2v) is 7.65. The molecule has 1 heterocycles. The van der Waals surface area contributed by atoms with E-state index in [4.69, 9.17) is 4.74 Å². The fourth-order valence-corrected chi connectivity index (χ4v) is 5.06. The van der Waals surface area contributed by atoms with Crippen molar-refractivity contribution in [2.75, 3.05) is 13.7 Å². The van der Waals surface area contributed by atoms with Crippen LogP contribution in [-0.2, 0) is 10.2 Å². The van der Waals surface area contributed by atoms with Gasteiger partial charge in [-0.25, -0.2) is 4.39 Å². The highest BCUT2D eigenvalue weighted by atomic mass is 19.1. The predicted octanol–water partition coefficient (Wildman–Crippen LogP) is 4.47. The zero-order chi connectivity index (χ0) is 16.9. The third-order valence-electron chi connectivity index (χ3n) is 6.50. The molecule has 2 aliphatic rings. The zero-order valence-electron chi connectivity index (χ0n) is 14.5. The number of rotatable bonds is 4. The summed E-state index contributed by atoms with van der Waals surface area (Å²) in [6, 6.07) is 8.85. The number of nitrogens with zero attached hydrogens (tertiary/aromatic N) is 2. The molecular weight excluding hydrogens is 303 g/mol. The van der Waals surface area contributed by atoms with E-state index in [9.17, 15) is 4.39 Å². The number of fused-ring (bicyclic) bond motifs is 5. The summed E-state index contributed by atoms with van der Waals surface area (Å²) in [5.74, 6) is 0.216. The lowest BCUT2D eigenvalue weighted by atomic mass is 9.66. The van der Waals surface area contributed by atoms with Gasteiger partial charge in [-0.2, -0.15) is 10.2 Å². The summed E-state index contributed by atoms with van der Waals surface area (Å²) in [5, 5.41) is 9.00. The van der Waals surface area contributed by atoms with E-state index in [-0.39, 0.29) is 16.6 Å². The molecule has 2 aliphatic carbocycles. The number of methoxy groups -OCH3 is 1. The number of halogens is 1. The van der Waals surface area contributed by atoms with Crippen molar-refractivity contribution in [1.82, 2.24) is 10.2 Å². The maximum absolute atomic E-state index is 14.1. The van der Waals surface area contributed by atoms with Gasteiger partial charge in [-0.3, -0.25) is 0 Å². The number of aromatic nitrogens is 2. The fourth-order valence-electron chi connectivity index (χ4n) is 5.06. The third kappa shape index (κ3) is 1.92. The number of benzene rings is 1. The highest BCUT2D eigenvalue weighted by Crippen LogP contribution is 2.68. The normalized spacial score (nSPS) is 26.6. The molecule has 1 fully saturated rings. The molecule has 2 aromatic rings. The quantitative estimate of drug-likeness (QED) is 0.831. The average molecular weight is 326 g/mol. The summed E-state index contributed by atoms with van der Waals surface area (Å²) >= 11 is 0. The van der Waals surface area contributed by atoms with Crippen LogP contribution < -0.4 is 0 Å². The van der Waals surface area contributed by atoms with Crippen molar-refractivity contribution in [2.24, 2.45) is 5.41 Å². The number of hydrogen-bond acceptors (Lipinski definition) is 3. The Balaban J connectivity index is 1.83. The van der Waals surface area contributed by atoms with Gasteiger partial charge >= 0.3 is 0 Å².